The number of carbonyl (C=O) groups excluding carboxylic acids is 2. The molecule has 1 aliphatic rings. The van der Waals surface area contributed by atoms with Crippen molar-refractivity contribution < 1.29 is 19.1 Å². The number of rotatable bonds is 3. The van der Waals surface area contributed by atoms with Crippen molar-refractivity contribution in [2.75, 3.05) is 20.2 Å². The SMILES string of the molecule is COc1ccc(C(=O)NC2CCN(C(=O)OC(C)(C)C)CC2)cc1. The van der Waals surface area contributed by atoms with Gasteiger partial charge in [-0.25, -0.2) is 4.79 Å². The van der Waals surface area contributed by atoms with Crippen LogP contribution in [0.15, 0.2) is 24.3 Å². The van der Waals surface area contributed by atoms with E-state index < -0.39 is 5.60 Å². The summed E-state index contributed by atoms with van der Waals surface area (Å²) in [6.45, 7) is 6.73. The molecule has 0 aliphatic carbocycles. The van der Waals surface area contributed by atoms with E-state index in [0.717, 1.165) is 18.6 Å². The molecule has 1 aromatic rings. The zero-order valence-electron chi connectivity index (χ0n) is 14.8. The van der Waals surface area contributed by atoms with Crippen LogP contribution in [0.5, 0.6) is 5.75 Å². The number of hydrogen-bond acceptors (Lipinski definition) is 4. The Hall–Kier alpha value is -2.24. The van der Waals surface area contributed by atoms with E-state index in [9.17, 15) is 9.59 Å². The lowest BCUT2D eigenvalue weighted by Crippen LogP contribution is -2.47. The average Bonchev–Trinajstić information content (AvgIpc) is 2.54. The van der Waals surface area contributed by atoms with E-state index in [1.54, 1.807) is 36.3 Å². The first kappa shape index (κ1) is 18.1. The molecule has 0 aromatic heterocycles. The molecular formula is C18H26N2O4. The minimum atomic E-state index is -0.490. The van der Waals surface area contributed by atoms with Crippen LogP contribution in [0, 0.1) is 0 Å². The monoisotopic (exact) mass is 334 g/mol. The van der Waals surface area contributed by atoms with E-state index in [4.69, 9.17) is 9.47 Å². The van der Waals surface area contributed by atoms with Crippen molar-refractivity contribution >= 4 is 12.0 Å². The summed E-state index contributed by atoms with van der Waals surface area (Å²) in [4.78, 5) is 26.0. The highest BCUT2D eigenvalue weighted by Crippen LogP contribution is 2.16. The summed E-state index contributed by atoms with van der Waals surface area (Å²) in [5.74, 6) is 0.616. The molecule has 6 heteroatoms. The summed E-state index contributed by atoms with van der Waals surface area (Å²) in [6, 6.07) is 7.08. The van der Waals surface area contributed by atoms with Gasteiger partial charge in [-0.1, -0.05) is 0 Å². The molecule has 24 heavy (non-hydrogen) atoms. The van der Waals surface area contributed by atoms with Gasteiger partial charge in [0.05, 0.1) is 7.11 Å². The van der Waals surface area contributed by atoms with Crippen molar-refractivity contribution in [3.63, 3.8) is 0 Å². The number of methoxy groups -OCH3 is 1. The maximum absolute atomic E-state index is 12.3. The molecule has 1 aliphatic heterocycles. The van der Waals surface area contributed by atoms with Crippen molar-refractivity contribution in [1.82, 2.24) is 10.2 Å². The minimum absolute atomic E-state index is 0.0679. The third-order valence-corrected chi connectivity index (χ3v) is 3.83. The molecule has 1 N–H and O–H groups in total. The molecule has 1 heterocycles. The van der Waals surface area contributed by atoms with Crippen LogP contribution in [-0.4, -0.2) is 48.7 Å². The van der Waals surface area contributed by atoms with E-state index in [1.165, 1.54) is 0 Å². The summed E-state index contributed by atoms with van der Waals surface area (Å²) < 4.78 is 10.5. The van der Waals surface area contributed by atoms with Crippen LogP contribution >= 0.6 is 0 Å². The molecule has 1 fully saturated rings. The Morgan fingerprint density at radius 3 is 2.21 bits per heavy atom. The molecule has 6 nitrogen and oxygen atoms in total. The van der Waals surface area contributed by atoms with E-state index >= 15 is 0 Å². The van der Waals surface area contributed by atoms with Crippen molar-refractivity contribution in [3.05, 3.63) is 29.8 Å². The van der Waals surface area contributed by atoms with Gasteiger partial charge in [-0.15, -0.1) is 0 Å². The second kappa shape index (κ2) is 7.55. The zero-order valence-corrected chi connectivity index (χ0v) is 14.8. The Balaban J connectivity index is 1.82. The van der Waals surface area contributed by atoms with Crippen molar-refractivity contribution in [2.24, 2.45) is 0 Å². The van der Waals surface area contributed by atoms with Gasteiger partial charge in [-0.2, -0.15) is 0 Å². The standard InChI is InChI=1S/C18H26N2O4/c1-18(2,3)24-17(22)20-11-9-14(10-12-20)19-16(21)13-5-7-15(23-4)8-6-13/h5-8,14H,9-12H2,1-4H3,(H,19,21). The van der Waals surface area contributed by atoms with E-state index in [2.05, 4.69) is 5.32 Å². The number of carbonyl (C=O) groups is 2. The fraction of sp³-hybridized carbons (Fsp3) is 0.556. The Bertz CT molecular complexity index is 570. The van der Waals surface area contributed by atoms with Gasteiger partial charge in [0.25, 0.3) is 5.91 Å². The predicted molar refractivity (Wildman–Crippen MR) is 91.3 cm³/mol. The lowest BCUT2D eigenvalue weighted by molar-refractivity contribution is 0.0199. The maximum atomic E-state index is 12.3. The lowest BCUT2D eigenvalue weighted by atomic mass is 10.0. The minimum Gasteiger partial charge on any atom is -0.497 e. The van der Waals surface area contributed by atoms with Crippen molar-refractivity contribution in [2.45, 2.75) is 45.3 Å². The quantitative estimate of drug-likeness (QED) is 0.923. The number of piperidine rings is 1. The number of hydrogen-bond donors (Lipinski definition) is 1. The molecule has 2 amide bonds. The van der Waals surface area contributed by atoms with Gasteiger partial charge < -0.3 is 19.7 Å². The zero-order chi connectivity index (χ0) is 17.7. The largest absolute Gasteiger partial charge is 0.497 e. The fourth-order valence-electron chi connectivity index (χ4n) is 2.54. The lowest BCUT2D eigenvalue weighted by Gasteiger charge is -2.33. The van der Waals surface area contributed by atoms with Gasteiger partial charge in [-0.05, 0) is 57.9 Å². The van der Waals surface area contributed by atoms with Gasteiger partial charge in [0.2, 0.25) is 0 Å². The second-order valence-corrected chi connectivity index (χ2v) is 6.94. The Morgan fingerprint density at radius 1 is 1.12 bits per heavy atom. The van der Waals surface area contributed by atoms with Crippen LogP contribution < -0.4 is 10.1 Å². The summed E-state index contributed by atoms with van der Waals surface area (Å²) in [7, 11) is 1.59. The normalized spacial score (nSPS) is 15.8. The Morgan fingerprint density at radius 2 is 1.71 bits per heavy atom. The van der Waals surface area contributed by atoms with Crippen LogP contribution in [0.25, 0.3) is 0 Å². The fourth-order valence-corrected chi connectivity index (χ4v) is 2.54. The topological polar surface area (TPSA) is 67.9 Å². The van der Waals surface area contributed by atoms with Crippen LogP contribution in [0.4, 0.5) is 4.79 Å². The average molecular weight is 334 g/mol. The number of amides is 2. The molecule has 0 unspecified atom stereocenters. The molecule has 0 saturated carbocycles. The molecule has 0 radical (unpaired) electrons. The molecule has 0 atom stereocenters. The van der Waals surface area contributed by atoms with E-state index in [-0.39, 0.29) is 18.0 Å². The summed E-state index contributed by atoms with van der Waals surface area (Å²) in [6.07, 6.45) is 1.16. The van der Waals surface area contributed by atoms with Gasteiger partial charge in [0, 0.05) is 24.7 Å². The maximum Gasteiger partial charge on any atom is 0.410 e. The van der Waals surface area contributed by atoms with Crippen LogP contribution in [-0.2, 0) is 4.74 Å². The molecule has 0 bridgehead atoms. The van der Waals surface area contributed by atoms with Crippen LogP contribution in [0.2, 0.25) is 0 Å². The number of ether oxygens (including phenoxy) is 2. The highest BCUT2D eigenvalue weighted by molar-refractivity contribution is 5.94. The molecule has 1 saturated heterocycles. The number of nitrogens with one attached hydrogen (secondary N) is 1. The van der Waals surface area contributed by atoms with Crippen molar-refractivity contribution in [1.29, 1.82) is 0 Å². The summed E-state index contributed by atoms with van der Waals surface area (Å²) >= 11 is 0. The number of likely N-dealkylation sites (tertiary alicyclic amines) is 1. The smallest absolute Gasteiger partial charge is 0.410 e. The first-order chi connectivity index (χ1) is 11.3. The van der Waals surface area contributed by atoms with Gasteiger partial charge >= 0.3 is 6.09 Å². The third kappa shape index (κ3) is 5.15. The van der Waals surface area contributed by atoms with Crippen molar-refractivity contribution in [3.8, 4) is 5.75 Å². The first-order valence-corrected chi connectivity index (χ1v) is 8.21. The molecular weight excluding hydrogens is 308 g/mol. The van der Waals surface area contributed by atoms with Crippen LogP contribution in [0.1, 0.15) is 44.0 Å². The highest BCUT2D eigenvalue weighted by atomic mass is 16.6. The first-order valence-electron chi connectivity index (χ1n) is 8.21. The highest BCUT2D eigenvalue weighted by Gasteiger charge is 2.27. The Kier molecular flexibility index (Phi) is 5.70. The molecule has 0 spiro atoms. The van der Waals surface area contributed by atoms with Gasteiger partial charge in [0.15, 0.2) is 0 Å². The van der Waals surface area contributed by atoms with E-state index in [1.807, 2.05) is 20.8 Å². The number of nitrogens with zero attached hydrogens (tertiary/aromatic N) is 1. The second-order valence-electron chi connectivity index (χ2n) is 6.94. The predicted octanol–water partition coefficient (Wildman–Crippen LogP) is 2.82. The summed E-state index contributed by atoms with van der Waals surface area (Å²) in [5, 5.41) is 3.02. The molecule has 2 rings (SSSR count). The number of benzene rings is 1. The summed E-state index contributed by atoms with van der Waals surface area (Å²) in [5.41, 5.74) is 0.113. The van der Waals surface area contributed by atoms with Gasteiger partial charge in [0.1, 0.15) is 11.4 Å². The van der Waals surface area contributed by atoms with Crippen LogP contribution in [0.3, 0.4) is 0 Å². The van der Waals surface area contributed by atoms with E-state index in [0.29, 0.717) is 18.7 Å². The third-order valence-electron chi connectivity index (χ3n) is 3.83. The van der Waals surface area contributed by atoms with Gasteiger partial charge in [-0.3, -0.25) is 4.79 Å². The molecule has 1 aromatic carbocycles. The Labute approximate surface area is 143 Å². The molecule has 132 valence electrons.